The molecule has 0 saturated heterocycles. The lowest BCUT2D eigenvalue weighted by molar-refractivity contribution is 0.520. The summed E-state index contributed by atoms with van der Waals surface area (Å²) in [5.41, 5.74) is 29.8. The average Bonchev–Trinajstić information content (AvgIpc) is 0.695. The Bertz CT molecular complexity index is 4740. The van der Waals surface area contributed by atoms with E-state index < -0.39 is 0 Å². The predicted molar refractivity (Wildman–Crippen MR) is 390 cm³/mol. The third kappa shape index (κ3) is 8.50. The molecule has 10 aromatic carbocycles. The molecular weight excluding hydrogens is 1110 g/mol. The lowest BCUT2D eigenvalue weighted by Crippen LogP contribution is -2.62. The second kappa shape index (κ2) is 19.5. The molecule has 0 atom stereocenters. The Morgan fingerprint density at radius 1 is 0.344 bits per heavy atom. The highest BCUT2D eigenvalue weighted by molar-refractivity contribution is 7.26. The van der Waals surface area contributed by atoms with Gasteiger partial charge in [-0.25, -0.2) is 0 Å². The molecule has 450 valence electrons. The second-order valence-electron chi connectivity index (χ2n) is 31.9. The number of hydrogen-bond acceptors (Lipinski definition) is 4. The van der Waals surface area contributed by atoms with E-state index in [1.165, 1.54) is 137 Å². The molecule has 0 bridgehead atoms. The number of rotatable bonds is 5. The number of hydrogen-bond donors (Lipinski definition) is 0. The molecule has 3 heterocycles. The first-order chi connectivity index (χ1) is 42.5. The molecule has 15 rings (SSSR count). The Hall–Kier alpha value is -8.12. The Morgan fingerprint density at radius 3 is 1.28 bits per heavy atom. The van der Waals surface area contributed by atoms with Gasteiger partial charge in [-0.2, -0.15) is 0 Å². The van der Waals surface area contributed by atoms with Crippen LogP contribution in [0.5, 0.6) is 0 Å². The fourth-order valence-corrected chi connectivity index (χ4v) is 17.7. The van der Waals surface area contributed by atoms with Crippen molar-refractivity contribution in [2.45, 2.75) is 163 Å². The van der Waals surface area contributed by atoms with Crippen LogP contribution in [0.15, 0.2) is 194 Å². The summed E-state index contributed by atoms with van der Waals surface area (Å²) in [7, 11) is 0. The molecule has 0 radical (unpaired) electrons. The van der Waals surface area contributed by atoms with E-state index >= 15 is 0 Å². The summed E-state index contributed by atoms with van der Waals surface area (Å²) in [6.45, 7) is 43.0. The van der Waals surface area contributed by atoms with Gasteiger partial charge >= 0.3 is 0 Å². The normalized spacial score (nSPS) is 16.4. The van der Waals surface area contributed by atoms with E-state index in [0.29, 0.717) is 0 Å². The predicted octanol–water partition coefficient (Wildman–Crippen LogP) is 21.7. The van der Waals surface area contributed by atoms with Gasteiger partial charge in [-0.3, -0.25) is 0 Å². The van der Waals surface area contributed by atoms with Gasteiger partial charge in [0.25, 0.3) is 6.71 Å². The molecule has 0 saturated carbocycles. The van der Waals surface area contributed by atoms with Crippen molar-refractivity contribution in [2.75, 3.05) is 14.7 Å². The van der Waals surface area contributed by atoms with E-state index in [9.17, 15) is 0 Å². The van der Waals surface area contributed by atoms with Crippen LogP contribution >= 0.6 is 11.3 Å². The van der Waals surface area contributed by atoms with E-state index in [0.717, 1.165) is 17.1 Å². The average molecular weight is 1190 g/mol. The van der Waals surface area contributed by atoms with E-state index in [1.807, 2.05) is 11.3 Å². The standard InChI is InChI=1S/C85H86BN3S/c1-51-44-64-66(84(15,16)62-30-22-20-28-60(62)82(64,11)12)49-72(51)88-70-43-38-54(81(8,9)10)45-68(70)86-69-48-65-67(85(17,18)63-31-23-21-29-61(63)83(65,13)14)50-73(69)89(71-32-25-27-59-58-26-19-24-33-76(58)90-78(59)71)75-47-57(46-74(88)77(75)86)87(55-39-34-52(35-40-55)79(2,3)4)56-41-36-53(37-42-56)80(5,6)7/h19-50H,1-18H3. The number of anilines is 9. The number of benzene rings is 10. The minimum absolute atomic E-state index is 0.0192. The molecule has 0 unspecified atom stereocenters. The minimum atomic E-state index is -0.290. The zero-order valence-corrected chi connectivity index (χ0v) is 57.1. The largest absolute Gasteiger partial charge is 0.311 e. The Kier molecular flexibility index (Phi) is 12.6. The second-order valence-corrected chi connectivity index (χ2v) is 33.0. The first-order valence-electron chi connectivity index (χ1n) is 32.9. The summed E-state index contributed by atoms with van der Waals surface area (Å²) >= 11 is 1.92. The highest BCUT2D eigenvalue weighted by atomic mass is 32.1. The molecule has 0 amide bonds. The Morgan fingerprint density at radius 2 is 0.767 bits per heavy atom. The summed E-state index contributed by atoms with van der Waals surface area (Å²) in [6.07, 6.45) is 0. The van der Waals surface area contributed by atoms with Crippen molar-refractivity contribution in [2.24, 2.45) is 0 Å². The van der Waals surface area contributed by atoms with Crippen molar-refractivity contribution >= 4 is 106 Å². The first-order valence-corrected chi connectivity index (χ1v) is 33.7. The van der Waals surface area contributed by atoms with Crippen molar-refractivity contribution in [1.29, 1.82) is 0 Å². The van der Waals surface area contributed by atoms with Gasteiger partial charge < -0.3 is 14.7 Å². The fraction of sp³-hybridized carbons (Fsp3) is 0.294. The molecule has 2 aliphatic carbocycles. The fourth-order valence-electron chi connectivity index (χ4n) is 16.5. The summed E-state index contributed by atoms with van der Waals surface area (Å²) in [6, 6.07) is 76.7. The van der Waals surface area contributed by atoms with Crippen LogP contribution in [0.3, 0.4) is 0 Å². The summed E-state index contributed by atoms with van der Waals surface area (Å²) in [5.74, 6) is 0. The highest BCUT2D eigenvalue weighted by Crippen LogP contribution is 2.57. The Balaban J connectivity index is 1.12. The molecule has 0 N–H and O–H groups in total. The van der Waals surface area contributed by atoms with Crippen molar-refractivity contribution in [3.63, 3.8) is 0 Å². The van der Waals surface area contributed by atoms with Gasteiger partial charge in [0, 0.05) is 76.9 Å². The molecule has 0 fully saturated rings. The summed E-state index contributed by atoms with van der Waals surface area (Å²) in [4.78, 5) is 8.00. The minimum Gasteiger partial charge on any atom is -0.311 e. The van der Waals surface area contributed by atoms with Gasteiger partial charge in [-0.05, 0) is 173 Å². The van der Waals surface area contributed by atoms with E-state index in [4.69, 9.17) is 0 Å². The molecule has 11 aromatic rings. The van der Waals surface area contributed by atoms with Crippen LogP contribution in [0.4, 0.5) is 51.2 Å². The van der Waals surface area contributed by atoms with Crippen LogP contribution in [-0.4, -0.2) is 6.71 Å². The molecule has 4 aliphatic rings. The zero-order chi connectivity index (χ0) is 63.3. The molecule has 0 spiro atoms. The molecule has 1 aromatic heterocycles. The number of thiophene rings is 1. The van der Waals surface area contributed by atoms with Crippen molar-refractivity contribution in [3.05, 3.63) is 261 Å². The van der Waals surface area contributed by atoms with Crippen LogP contribution in [0, 0.1) is 6.92 Å². The van der Waals surface area contributed by atoms with Crippen molar-refractivity contribution in [3.8, 4) is 0 Å². The van der Waals surface area contributed by atoms with Crippen molar-refractivity contribution < 1.29 is 0 Å². The molecule has 5 heteroatoms. The Labute approximate surface area is 540 Å². The molecule has 3 nitrogen and oxygen atoms in total. The summed E-state index contributed by atoms with van der Waals surface area (Å²) < 4.78 is 2.59. The highest BCUT2D eigenvalue weighted by Gasteiger charge is 2.50. The number of nitrogens with zero attached hydrogens (tertiary/aromatic N) is 3. The first kappa shape index (κ1) is 58.3. The summed E-state index contributed by atoms with van der Waals surface area (Å²) in [5, 5.41) is 2.58. The maximum absolute atomic E-state index is 2.73. The van der Waals surface area contributed by atoms with E-state index in [-0.39, 0.29) is 44.6 Å². The van der Waals surface area contributed by atoms with Gasteiger partial charge in [0.05, 0.1) is 16.1 Å². The number of fused-ring (bicyclic) bond motifs is 11. The van der Waals surface area contributed by atoms with Crippen LogP contribution in [0.25, 0.3) is 20.2 Å². The maximum Gasteiger partial charge on any atom is 0.252 e. The third-order valence-corrected chi connectivity index (χ3v) is 22.9. The maximum atomic E-state index is 2.73. The number of aryl methyl sites for hydroxylation is 1. The van der Waals surface area contributed by atoms with Gasteiger partial charge in [0.1, 0.15) is 0 Å². The lowest BCUT2D eigenvalue weighted by Gasteiger charge is -2.49. The van der Waals surface area contributed by atoms with Crippen LogP contribution in [0.1, 0.15) is 184 Å². The SMILES string of the molecule is Cc1cc2c(cc1N1c3ccc(C(C)(C)C)cc3B3c4cc5c(cc4N(c4cccc6c4sc4ccccc46)c4cc(N(c6ccc(C(C)(C)C)cc6)c6ccc(C(C)(C)C)cc6)cc1c43)C(C)(C)c1ccccc1C5(C)C)C(C)(C)c1ccccc1C2(C)C. The van der Waals surface area contributed by atoms with Crippen LogP contribution in [-0.2, 0) is 37.9 Å². The van der Waals surface area contributed by atoms with Crippen LogP contribution < -0.4 is 31.1 Å². The van der Waals surface area contributed by atoms with Gasteiger partial charge in [0.2, 0.25) is 0 Å². The van der Waals surface area contributed by atoms with E-state index in [2.05, 4.69) is 333 Å². The van der Waals surface area contributed by atoms with Gasteiger partial charge in [-0.15, -0.1) is 11.3 Å². The molecule has 90 heavy (non-hydrogen) atoms. The quantitative estimate of drug-likeness (QED) is 0.159. The topological polar surface area (TPSA) is 9.72 Å². The molecule has 2 aliphatic heterocycles. The monoisotopic (exact) mass is 1190 g/mol. The zero-order valence-electron chi connectivity index (χ0n) is 56.3. The molecular formula is C85H86BN3S. The smallest absolute Gasteiger partial charge is 0.252 e. The van der Waals surface area contributed by atoms with E-state index in [1.54, 1.807) is 0 Å². The van der Waals surface area contributed by atoms with Crippen LogP contribution in [0.2, 0.25) is 0 Å². The van der Waals surface area contributed by atoms with Gasteiger partial charge in [0.15, 0.2) is 0 Å². The van der Waals surface area contributed by atoms with Gasteiger partial charge in [-0.1, -0.05) is 245 Å². The lowest BCUT2D eigenvalue weighted by atomic mass is 9.33. The van der Waals surface area contributed by atoms with Crippen molar-refractivity contribution in [1.82, 2.24) is 0 Å². The third-order valence-electron chi connectivity index (χ3n) is 21.7.